The van der Waals surface area contributed by atoms with E-state index < -0.39 is 11.9 Å². The maximum absolute atomic E-state index is 13.4. The van der Waals surface area contributed by atoms with E-state index in [-0.39, 0.29) is 11.9 Å². The first kappa shape index (κ1) is 16.8. The molecule has 0 amide bonds. The Morgan fingerprint density at radius 1 is 1.25 bits per heavy atom. The predicted molar refractivity (Wildman–Crippen MR) is 88.8 cm³/mol. The van der Waals surface area contributed by atoms with Crippen molar-refractivity contribution in [2.75, 3.05) is 24.5 Å². The predicted octanol–water partition coefficient (Wildman–Crippen LogP) is 2.65. The van der Waals surface area contributed by atoms with Gasteiger partial charge in [0.2, 0.25) is 0 Å². The number of aliphatic hydroxyl groups excluding tert-OH is 1. The molecule has 0 aliphatic carbocycles. The van der Waals surface area contributed by atoms with Gasteiger partial charge < -0.3 is 15.3 Å². The number of benzene rings is 1. The Bertz CT molecular complexity index is 666. The fourth-order valence-corrected chi connectivity index (χ4v) is 3.02. The molecule has 2 unspecified atom stereocenters. The highest BCUT2D eigenvalue weighted by Crippen LogP contribution is 2.21. The van der Waals surface area contributed by atoms with Gasteiger partial charge in [0.05, 0.1) is 11.9 Å². The Morgan fingerprint density at radius 2 is 2.12 bits per heavy atom. The van der Waals surface area contributed by atoms with E-state index in [2.05, 4.69) is 15.2 Å². The number of piperidine rings is 1. The SMILES string of the molecule is OC(CNC1CCCN(c2cccc(F)c2)C1)c1ccc(F)cn1. The molecule has 0 radical (unpaired) electrons. The highest BCUT2D eigenvalue weighted by atomic mass is 19.1. The van der Waals surface area contributed by atoms with Gasteiger partial charge >= 0.3 is 0 Å². The molecule has 2 N–H and O–H groups in total. The van der Waals surface area contributed by atoms with Crippen molar-refractivity contribution in [3.8, 4) is 0 Å². The van der Waals surface area contributed by atoms with Crippen molar-refractivity contribution in [1.82, 2.24) is 10.3 Å². The van der Waals surface area contributed by atoms with Crippen molar-refractivity contribution in [1.29, 1.82) is 0 Å². The monoisotopic (exact) mass is 333 g/mol. The third-order valence-corrected chi connectivity index (χ3v) is 4.29. The number of hydrogen-bond acceptors (Lipinski definition) is 4. The fraction of sp³-hybridized carbons (Fsp3) is 0.389. The van der Waals surface area contributed by atoms with E-state index in [1.54, 1.807) is 12.1 Å². The Hall–Kier alpha value is -2.05. The molecule has 4 nitrogen and oxygen atoms in total. The van der Waals surface area contributed by atoms with Crippen LogP contribution in [0.5, 0.6) is 0 Å². The van der Waals surface area contributed by atoms with Crippen LogP contribution in [-0.2, 0) is 0 Å². The number of aliphatic hydroxyl groups is 1. The van der Waals surface area contributed by atoms with E-state index in [0.717, 1.165) is 37.8 Å². The van der Waals surface area contributed by atoms with Crippen LogP contribution in [0.25, 0.3) is 0 Å². The zero-order valence-corrected chi connectivity index (χ0v) is 13.3. The highest BCUT2D eigenvalue weighted by molar-refractivity contribution is 5.47. The van der Waals surface area contributed by atoms with Crippen LogP contribution in [-0.4, -0.2) is 35.8 Å². The normalized spacial score (nSPS) is 19.3. The van der Waals surface area contributed by atoms with Gasteiger partial charge in [-0.1, -0.05) is 6.07 Å². The number of pyridine rings is 1. The lowest BCUT2D eigenvalue weighted by Gasteiger charge is -2.35. The van der Waals surface area contributed by atoms with Crippen LogP contribution < -0.4 is 10.2 Å². The van der Waals surface area contributed by atoms with E-state index in [4.69, 9.17) is 0 Å². The van der Waals surface area contributed by atoms with E-state index in [9.17, 15) is 13.9 Å². The summed E-state index contributed by atoms with van der Waals surface area (Å²) in [4.78, 5) is 6.04. The standard InChI is InChI=1S/C18H21F2N3O/c19-13-3-1-5-16(9-13)23-8-2-4-15(12-23)21-11-18(24)17-7-6-14(20)10-22-17/h1,3,5-7,9-10,15,18,21,24H,2,4,8,11-12H2. The summed E-state index contributed by atoms with van der Waals surface area (Å²) >= 11 is 0. The first-order valence-electron chi connectivity index (χ1n) is 8.15. The van der Waals surface area contributed by atoms with Crippen LogP contribution in [0.4, 0.5) is 14.5 Å². The zero-order valence-electron chi connectivity index (χ0n) is 13.3. The largest absolute Gasteiger partial charge is 0.385 e. The third kappa shape index (κ3) is 4.27. The summed E-state index contributed by atoms with van der Waals surface area (Å²) in [5.41, 5.74) is 1.32. The summed E-state index contributed by atoms with van der Waals surface area (Å²) in [6.45, 7) is 2.00. The van der Waals surface area contributed by atoms with Crippen LogP contribution in [0.1, 0.15) is 24.6 Å². The number of anilines is 1. The molecule has 1 aromatic heterocycles. The first-order valence-corrected chi connectivity index (χ1v) is 8.15. The van der Waals surface area contributed by atoms with Gasteiger partial charge in [0, 0.05) is 31.4 Å². The lowest BCUT2D eigenvalue weighted by atomic mass is 10.0. The summed E-state index contributed by atoms with van der Waals surface area (Å²) in [5.74, 6) is -0.655. The van der Waals surface area contributed by atoms with Crippen LogP contribution in [0, 0.1) is 11.6 Å². The van der Waals surface area contributed by atoms with Crippen LogP contribution in [0.3, 0.4) is 0 Å². The molecule has 2 heterocycles. The van der Waals surface area contributed by atoms with Crippen molar-refractivity contribution in [2.24, 2.45) is 0 Å². The van der Waals surface area contributed by atoms with E-state index in [1.807, 2.05) is 6.07 Å². The summed E-state index contributed by atoms with van der Waals surface area (Å²) in [6, 6.07) is 9.58. The van der Waals surface area contributed by atoms with Gasteiger partial charge in [0.1, 0.15) is 17.7 Å². The molecule has 0 bridgehead atoms. The smallest absolute Gasteiger partial charge is 0.141 e. The highest BCUT2D eigenvalue weighted by Gasteiger charge is 2.21. The van der Waals surface area contributed by atoms with E-state index in [0.29, 0.717) is 12.2 Å². The second-order valence-electron chi connectivity index (χ2n) is 6.09. The lowest BCUT2D eigenvalue weighted by Crippen LogP contribution is -2.46. The van der Waals surface area contributed by atoms with Gasteiger partial charge in [0.15, 0.2) is 0 Å². The van der Waals surface area contributed by atoms with Gasteiger partial charge in [0.25, 0.3) is 0 Å². The van der Waals surface area contributed by atoms with Gasteiger partial charge in [-0.15, -0.1) is 0 Å². The molecule has 6 heteroatoms. The van der Waals surface area contributed by atoms with Crippen molar-refractivity contribution in [3.05, 3.63) is 59.9 Å². The minimum Gasteiger partial charge on any atom is -0.385 e. The topological polar surface area (TPSA) is 48.4 Å². The number of nitrogens with one attached hydrogen (secondary N) is 1. The maximum atomic E-state index is 13.4. The molecule has 1 aliphatic rings. The van der Waals surface area contributed by atoms with E-state index in [1.165, 1.54) is 18.2 Å². The van der Waals surface area contributed by atoms with Gasteiger partial charge in [-0.25, -0.2) is 8.78 Å². The fourth-order valence-electron chi connectivity index (χ4n) is 3.02. The molecule has 128 valence electrons. The molecule has 1 aromatic carbocycles. The van der Waals surface area contributed by atoms with E-state index >= 15 is 0 Å². The summed E-state index contributed by atoms with van der Waals surface area (Å²) in [5, 5.41) is 13.5. The molecule has 0 spiro atoms. The molecular formula is C18H21F2N3O. The van der Waals surface area contributed by atoms with Crippen LogP contribution in [0.15, 0.2) is 42.6 Å². The lowest BCUT2D eigenvalue weighted by molar-refractivity contribution is 0.163. The third-order valence-electron chi connectivity index (χ3n) is 4.29. The van der Waals surface area contributed by atoms with Crippen molar-refractivity contribution in [3.63, 3.8) is 0 Å². The maximum Gasteiger partial charge on any atom is 0.141 e. The van der Waals surface area contributed by atoms with Crippen molar-refractivity contribution >= 4 is 5.69 Å². The Labute approximate surface area is 140 Å². The molecule has 2 aromatic rings. The summed E-state index contributed by atoms with van der Waals surface area (Å²) in [6.07, 6.45) is 2.31. The molecule has 3 rings (SSSR count). The van der Waals surface area contributed by atoms with Crippen molar-refractivity contribution in [2.45, 2.75) is 25.0 Å². The second-order valence-corrected chi connectivity index (χ2v) is 6.09. The number of hydrogen-bond donors (Lipinski definition) is 2. The summed E-state index contributed by atoms with van der Waals surface area (Å²) in [7, 11) is 0. The molecule has 1 saturated heterocycles. The zero-order chi connectivity index (χ0) is 16.9. The van der Waals surface area contributed by atoms with Crippen molar-refractivity contribution < 1.29 is 13.9 Å². The Kier molecular flexibility index (Phi) is 5.37. The number of aromatic nitrogens is 1. The summed E-state index contributed by atoms with van der Waals surface area (Å²) < 4.78 is 26.2. The van der Waals surface area contributed by atoms with Crippen LogP contribution in [0.2, 0.25) is 0 Å². The van der Waals surface area contributed by atoms with Gasteiger partial charge in [-0.3, -0.25) is 4.98 Å². The number of nitrogens with zero attached hydrogens (tertiary/aromatic N) is 2. The molecule has 1 fully saturated rings. The number of halogens is 2. The van der Waals surface area contributed by atoms with Crippen LogP contribution >= 0.6 is 0 Å². The Morgan fingerprint density at radius 3 is 2.88 bits per heavy atom. The van der Waals surface area contributed by atoms with Gasteiger partial charge in [-0.05, 0) is 43.2 Å². The average molecular weight is 333 g/mol. The minimum absolute atomic E-state index is 0.206. The molecule has 2 atom stereocenters. The first-order chi connectivity index (χ1) is 11.6. The number of rotatable bonds is 5. The molecule has 0 saturated carbocycles. The minimum atomic E-state index is -0.782. The van der Waals surface area contributed by atoms with Gasteiger partial charge in [-0.2, -0.15) is 0 Å². The molecular weight excluding hydrogens is 312 g/mol. The average Bonchev–Trinajstić information content (AvgIpc) is 2.60. The quantitative estimate of drug-likeness (QED) is 0.883. The molecule has 24 heavy (non-hydrogen) atoms. The second kappa shape index (κ2) is 7.68. The molecule has 1 aliphatic heterocycles. The Balaban J connectivity index is 1.54.